The Bertz CT molecular complexity index is 1170. The number of aryl methyl sites for hydroxylation is 1. The molecule has 0 radical (unpaired) electrons. The van der Waals surface area contributed by atoms with Crippen molar-refractivity contribution >= 4 is 41.3 Å². The number of fused-ring (bicyclic) bond motifs is 1. The first-order valence-corrected chi connectivity index (χ1v) is 12.3. The van der Waals surface area contributed by atoms with Gasteiger partial charge in [0.1, 0.15) is 18.4 Å². The third kappa shape index (κ3) is 6.65. The zero-order valence-corrected chi connectivity index (χ0v) is 21.2. The van der Waals surface area contributed by atoms with Crippen LogP contribution in [0.2, 0.25) is 0 Å². The van der Waals surface area contributed by atoms with E-state index in [1.165, 1.54) is 20.8 Å². The quantitative estimate of drug-likeness (QED) is 0.191. The Morgan fingerprint density at radius 3 is 2.69 bits per heavy atom. The van der Waals surface area contributed by atoms with Crippen LogP contribution in [0.1, 0.15) is 44.5 Å². The van der Waals surface area contributed by atoms with Crippen molar-refractivity contribution in [3.8, 4) is 5.75 Å². The molecule has 0 spiro atoms. The molecule has 36 heavy (non-hydrogen) atoms. The van der Waals surface area contributed by atoms with E-state index in [0.717, 1.165) is 17.5 Å². The monoisotopic (exact) mass is 522 g/mol. The number of H-pyrrole nitrogens is 1. The third-order valence-electron chi connectivity index (χ3n) is 5.37. The average Bonchev–Trinajstić information content (AvgIpc) is 2.82. The lowest BCUT2D eigenvalue weighted by Crippen LogP contribution is -2.48. The number of ether oxygens (including phenoxy) is 2. The van der Waals surface area contributed by atoms with Gasteiger partial charge in [-0.25, -0.2) is 0 Å². The minimum Gasteiger partial charge on any atom is -0.461 e. The maximum Gasteiger partial charge on any atom is 0.308 e. The van der Waals surface area contributed by atoms with Crippen molar-refractivity contribution in [1.82, 2.24) is 15.0 Å². The van der Waals surface area contributed by atoms with Crippen LogP contribution in [0.25, 0.3) is 0 Å². The fourth-order valence-corrected chi connectivity index (χ4v) is 4.21. The molecule has 3 heterocycles. The molecule has 2 aromatic rings. The van der Waals surface area contributed by atoms with Gasteiger partial charge >= 0.3 is 11.9 Å². The maximum absolute atomic E-state index is 12.6. The lowest BCUT2D eigenvalue weighted by atomic mass is 10.0. The summed E-state index contributed by atoms with van der Waals surface area (Å²) in [7, 11) is 0. The third-order valence-corrected chi connectivity index (χ3v) is 6.12. The minimum absolute atomic E-state index is 0.0577. The molecule has 0 saturated carbocycles. The number of esters is 2. The predicted octanol–water partition coefficient (Wildman–Crippen LogP) is 0.924. The van der Waals surface area contributed by atoms with Crippen molar-refractivity contribution in [2.24, 2.45) is 0 Å². The molecule has 6 N–H and O–H groups in total. The summed E-state index contributed by atoms with van der Waals surface area (Å²) in [4.78, 5) is 47.0. The molecule has 3 rings (SSSR count). The first-order chi connectivity index (χ1) is 17.1. The molecule has 0 aromatic carbocycles. The number of nitrogens with one attached hydrogen (secondary N) is 4. The van der Waals surface area contributed by atoms with Gasteiger partial charge in [0.05, 0.1) is 23.6 Å². The van der Waals surface area contributed by atoms with Crippen LogP contribution in [0.4, 0.5) is 17.5 Å². The van der Waals surface area contributed by atoms with E-state index in [9.17, 15) is 24.6 Å². The predicted molar refractivity (Wildman–Crippen MR) is 134 cm³/mol. The van der Waals surface area contributed by atoms with Gasteiger partial charge in [-0.3, -0.25) is 29.1 Å². The Morgan fingerprint density at radius 1 is 1.31 bits per heavy atom. The molecule has 13 nitrogen and oxygen atoms in total. The Kier molecular flexibility index (Phi) is 9.12. The number of aromatic nitrogens is 3. The standard InChI is InChI=1S/C22H30N6O7S/c1-5-13-6-23-16(19(35-12(4)31)14(13)8-34-11(3)30)9-36-28-22-26-20-17(21(33)27-22)25-15(7-24-20)18(32)10(2)29/h6,10,15,18,25,29,32H,5,7-9H2,1-4H3,(H3,24,26,27,28,33). The molecule has 1 aliphatic rings. The van der Waals surface area contributed by atoms with Crippen LogP contribution >= 0.6 is 11.9 Å². The van der Waals surface area contributed by atoms with E-state index in [4.69, 9.17) is 9.47 Å². The first-order valence-electron chi connectivity index (χ1n) is 11.3. The van der Waals surface area contributed by atoms with Gasteiger partial charge in [0.2, 0.25) is 5.95 Å². The molecule has 2 aromatic heterocycles. The van der Waals surface area contributed by atoms with Crippen LogP contribution in [0.5, 0.6) is 5.75 Å². The number of rotatable bonds is 10. The number of hydrogen-bond donors (Lipinski definition) is 6. The summed E-state index contributed by atoms with van der Waals surface area (Å²) >= 11 is 1.15. The summed E-state index contributed by atoms with van der Waals surface area (Å²) in [6.07, 6.45) is 0.206. The van der Waals surface area contributed by atoms with E-state index >= 15 is 0 Å². The summed E-state index contributed by atoms with van der Waals surface area (Å²) in [5.41, 5.74) is 1.49. The van der Waals surface area contributed by atoms with E-state index in [0.29, 0.717) is 23.5 Å². The molecule has 1 aliphatic heterocycles. The number of pyridine rings is 1. The van der Waals surface area contributed by atoms with Crippen molar-refractivity contribution in [3.63, 3.8) is 0 Å². The normalized spacial score (nSPS) is 16.1. The number of carbonyl (C=O) groups is 2. The zero-order chi connectivity index (χ0) is 26.4. The zero-order valence-electron chi connectivity index (χ0n) is 20.4. The molecule has 3 unspecified atom stereocenters. The smallest absolute Gasteiger partial charge is 0.308 e. The second-order valence-electron chi connectivity index (χ2n) is 8.16. The van der Waals surface area contributed by atoms with E-state index in [1.54, 1.807) is 6.20 Å². The summed E-state index contributed by atoms with van der Waals surface area (Å²) in [5.74, 6) is -0.0612. The largest absolute Gasteiger partial charge is 0.461 e. The summed E-state index contributed by atoms with van der Waals surface area (Å²) in [6, 6.07) is -0.563. The fourth-order valence-electron chi connectivity index (χ4n) is 3.56. The Hall–Kier alpha value is -3.36. The molecule has 196 valence electrons. The topological polar surface area (TPSA) is 188 Å². The van der Waals surface area contributed by atoms with Gasteiger partial charge < -0.3 is 30.3 Å². The molecule has 0 aliphatic carbocycles. The second kappa shape index (κ2) is 12.1. The van der Waals surface area contributed by atoms with E-state index in [-0.39, 0.29) is 36.3 Å². The van der Waals surface area contributed by atoms with Crippen molar-refractivity contribution in [2.45, 2.75) is 64.7 Å². The summed E-state index contributed by atoms with van der Waals surface area (Å²) in [5, 5.41) is 25.6. The first kappa shape index (κ1) is 27.2. The molecule has 0 fully saturated rings. The molecule has 0 bridgehead atoms. The lowest BCUT2D eigenvalue weighted by Gasteiger charge is -2.31. The lowest BCUT2D eigenvalue weighted by molar-refractivity contribution is -0.142. The second-order valence-corrected chi connectivity index (χ2v) is 8.94. The van der Waals surface area contributed by atoms with Crippen molar-refractivity contribution in [2.75, 3.05) is 21.9 Å². The van der Waals surface area contributed by atoms with Gasteiger partial charge in [-0.05, 0) is 30.9 Å². The Morgan fingerprint density at radius 2 is 2.06 bits per heavy atom. The number of nitrogens with zero attached hydrogens (tertiary/aromatic N) is 2. The summed E-state index contributed by atoms with van der Waals surface area (Å²) < 4.78 is 13.5. The van der Waals surface area contributed by atoms with Gasteiger partial charge in [0, 0.05) is 32.2 Å². The van der Waals surface area contributed by atoms with Crippen LogP contribution < -0.4 is 25.7 Å². The van der Waals surface area contributed by atoms with Gasteiger partial charge in [-0.15, -0.1) is 0 Å². The molecule has 0 amide bonds. The van der Waals surface area contributed by atoms with Crippen LogP contribution in [0, 0.1) is 0 Å². The van der Waals surface area contributed by atoms with Gasteiger partial charge in [-0.1, -0.05) is 6.92 Å². The number of carbonyl (C=O) groups excluding carboxylic acids is 2. The SMILES string of the molecule is CCc1cnc(CSNc2nc3c(c(=O)[nH]2)NC(C(O)C(C)O)CN3)c(OC(C)=O)c1COC(C)=O. The molecule has 14 heteroatoms. The minimum atomic E-state index is -1.07. The highest BCUT2D eigenvalue weighted by Crippen LogP contribution is 2.30. The van der Waals surface area contributed by atoms with Gasteiger partial charge in [-0.2, -0.15) is 4.98 Å². The molecule has 3 atom stereocenters. The van der Waals surface area contributed by atoms with E-state index in [2.05, 4.69) is 30.3 Å². The van der Waals surface area contributed by atoms with E-state index in [1.807, 2.05) is 6.92 Å². The average molecular weight is 523 g/mol. The van der Waals surface area contributed by atoms with Crippen LogP contribution in [-0.2, 0) is 33.1 Å². The highest BCUT2D eigenvalue weighted by atomic mass is 32.2. The van der Waals surface area contributed by atoms with Crippen molar-refractivity contribution in [3.05, 3.63) is 33.4 Å². The number of anilines is 3. The van der Waals surface area contributed by atoms with E-state index < -0.39 is 35.7 Å². The highest BCUT2D eigenvalue weighted by Gasteiger charge is 2.29. The fraction of sp³-hybridized carbons (Fsp3) is 0.500. The van der Waals surface area contributed by atoms with Crippen LogP contribution in [0.3, 0.4) is 0 Å². The molecule has 0 saturated heterocycles. The maximum atomic E-state index is 12.6. The highest BCUT2D eigenvalue weighted by molar-refractivity contribution is 7.99. The summed E-state index contributed by atoms with van der Waals surface area (Å²) in [6.45, 7) is 6.15. The van der Waals surface area contributed by atoms with Crippen LogP contribution in [-0.4, -0.2) is 61.9 Å². The number of aromatic amines is 1. The van der Waals surface area contributed by atoms with Crippen LogP contribution in [0.15, 0.2) is 11.0 Å². The van der Waals surface area contributed by atoms with Crippen molar-refractivity contribution in [1.29, 1.82) is 0 Å². The Labute approximate surface area is 211 Å². The number of hydrogen-bond acceptors (Lipinski definition) is 13. The van der Waals surface area contributed by atoms with Gasteiger partial charge in [0.15, 0.2) is 11.6 Å². The number of aliphatic hydroxyl groups excluding tert-OH is 2. The van der Waals surface area contributed by atoms with Crippen molar-refractivity contribution < 1.29 is 29.3 Å². The molecular weight excluding hydrogens is 492 g/mol. The Balaban J connectivity index is 1.75. The molecular formula is C22H30N6O7S. The number of aliphatic hydroxyl groups is 2. The van der Waals surface area contributed by atoms with Gasteiger partial charge in [0.25, 0.3) is 5.56 Å².